The first-order valence-electron chi connectivity index (χ1n) is 26.1. The monoisotopic (exact) mass is 1050 g/mol. The van der Waals surface area contributed by atoms with Gasteiger partial charge in [0, 0.05) is 0 Å². The minimum absolute atomic E-state index is 0. The van der Waals surface area contributed by atoms with Crippen LogP contribution < -0.4 is 19.9 Å². The summed E-state index contributed by atoms with van der Waals surface area (Å²) in [6.07, 6.45) is 0. The molecule has 70 heavy (non-hydrogen) atoms. The smallest absolute Gasteiger partial charge is 0.664 e. The van der Waals surface area contributed by atoms with E-state index in [1.165, 1.54) is 67.8 Å². The van der Waals surface area contributed by atoms with Crippen molar-refractivity contribution < 1.29 is 34.1 Å². The summed E-state index contributed by atoms with van der Waals surface area (Å²) in [5.74, 6) is 0. The number of hydrogen-bond acceptors (Lipinski definition) is 0. The first-order chi connectivity index (χ1) is 29.3. The zero-order chi connectivity index (χ0) is 54.6. The number of hydrogen-bond donors (Lipinski definition) is 0. The van der Waals surface area contributed by atoms with E-state index in [2.05, 4.69) is 274 Å². The molecule has 0 amide bonds. The topological polar surface area (TPSA) is 56.4 Å². The molecule has 6 heteroatoms. The van der Waals surface area contributed by atoms with E-state index in [9.17, 15) is 0 Å². The molecule has 0 saturated carbocycles. The largest absolute Gasteiger partial charge is 2.00 e. The maximum Gasteiger partial charge on any atom is 2.00 e. The molecule has 0 radical (unpaired) electrons. The molecule has 0 aliphatic heterocycles. The summed E-state index contributed by atoms with van der Waals surface area (Å²) >= 11 is 0. The van der Waals surface area contributed by atoms with Crippen LogP contribution in [-0.4, -0.2) is 0 Å². The molecule has 0 aliphatic rings. The Morgan fingerprint density at radius 1 is 0.186 bits per heavy atom. The van der Waals surface area contributed by atoms with Crippen molar-refractivity contribution >= 4 is 0 Å². The van der Waals surface area contributed by atoms with Crippen molar-refractivity contribution in [3.05, 3.63) is 92.1 Å². The molecule has 0 spiro atoms. The van der Waals surface area contributed by atoms with E-state index < -0.39 is 0 Å². The van der Waals surface area contributed by atoms with Gasteiger partial charge >= 0.3 is 34.1 Å². The third-order valence-electron chi connectivity index (χ3n) is 12.2. The van der Waals surface area contributed by atoms with Crippen LogP contribution in [0.15, 0.2) is 24.3 Å². The van der Waals surface area contributed by atoms with Gasteiger partial charge in [-0.3, -0.25) is 0 Å². The predicted octanol–water partition coefficient (Wildman–Crippen LogP) is 18.1. The minimum Gasteiger partial charge on any atom is -0.664 e. The van der Waals surface area contributed by atoms with Crippen LogP contribution in [0.1, 0.15) is 317 Å². The molecular weight excluding hydrogens is 936 g/mol. The van der Waals surface area contributed by atoms with Crippen molar-refractivity contribution in [1.82, 2.24) is 19.9 Å². The first kappa shape index (κ1) is 70.2. The van der Waals surface area contributed by atoms with Crippen LogP contribution in [-0.2, 0) is 99.1 Å². The Labute approximate surface area is 457 Å². The molecular formula is C64H112Fe2N4. The van der Waals surface area contributed by atoms with Crippen LogP contribution in [0.3, 0.4) is 0 Å². The molecule has 4 rings (SSSR count). The van der Waals surface area contributed by atoms with Crippen molar-refractivity contribution in [2.75, 3.05) is 0 Å². The summed E-state index contributed by atoms with van der Waals surface area (Å²) in [7, 11) is 0. The van der Waals surface area contributed by atoms with E-state index in [0.717, 1.165) is 0 Å². The van der Waals surface area contributed by atoms with Gasteiger partial charge in [0.05, 0.1) is 0 Å². The van der Waals surface area contributed by atoms with Gasteiger partial charge in [0.15, 0.2) is 0 Å². The third-order valence-corrected chi connectivity index (χ3v) is 12.2. The molecule has 4 aromatic heterocycles. The zero-order valence-electron chi connectivity index (χ0n) is 52.8. The molecule has 4 aromatic rings. The maximum absolute atomic E-state index is 4.92. The fourth-order valence-electron chi connectivity index (χ4n) is 7.78. The minimum atomic E-state index is 0. The second-order valence-electron chi connectivity index (χ2n) is 32.6. The summed E-state index contributed by atoms with van der Waals surface area (Å²) in [6, 6.07) is 9.22. The summed E-state index contributed by atoms with van der Waals surface area (Å²) in [4.78, 5) is 19.7. The van der Waals surface area contributed by atoms with E-state index in [1.54, 1.807) is 0 Å². The maximum atomic E-state index is 4.92. The van der Waals surface area contributed by atoms with Crippen molar-refractivity contribution in [1.29, 1.82) is 0 Å². The molecule has 0 fully saturated rings. The van der Waals surface area contributed by atoms with E-state index >= 15 is 0 Å². The van der Waals surface area contributed by atoms with E-state index in [1.807, 2.05) is 0 Å². The predicted molar refractivity (Wildman–Crippen MR) is 303 cm³/mol. The van der Waals surface area contributed by atoms with Crippen molar-refractivity contribution in [3.63, 3.8) is 0 Å². The zero-order valence-corrected chi connectivity index (χ0v) is 55.0. The van der Waals surface area contributed by atoms with Gasteiger partial charge < -0.3 is 19.9 Å². The quantitative estimate of drug-likeness (QED) is 0.165. The SMILES string of the molecule is CC(C)(C)c1cc(C(C)(C)C)c(C(C)(C)C)[n-]1.CC(C)(C)c1cc(C(C)(C)C)c(C(C)(C)C)[n-]1.CC(C)(C)c1cc(C(C)(C)C)c(C(C)(C)C)[n-]1.CC(C)(C)c1cc(C(C)(C)C)c(C(C)(C)C)[n-]1.[Fe+2].[Fe+2]. The van der Waals surface area contributed by atoms with Gasteiger partial charge in [-0.1, -0.05) is 296 Å². The van der Waals surface area contributed by atoms with Crippen LogP contribution in [0.2, 0.25) is 0 Å². The van der Waals surface area contributed by atoms with Gasteiger partial charge in [-0.25, -0.2) is 0 Å². The number of nitrogens with zero attached hydrogens (tertiary/aromatic N) is 4. The van der Waals surface area contributed by atoms with Gasteiger partial charge in [-0.15, -0.1) is 0 Å². The molecule has 404 valence electrons. The summed E-state index contributed by atoms with van der Waals surface area (Å²) < 4.78 is 0. The number of rotatable bonds is 0. The molecule has 4 nitrogen and oxygen atoms in total. The van der Waals surface area contributed by atoms with E-state index in [-0.39, 0.29) is 99.1 Å². The van der Waals surface area contributed by atoms with Crippen LogP contribution in [0.25, 0.3) is 0 Å². The molecule has 0 N–H and O–H groups in total. The molecule has 0 aromatic carbocycles. The van der Waals surface area contributed by atoms with E-state index in [4.69, 9.17) is 19.9 Å². The third kappa shape index (κ3) is 20.1. The fraction of sp³-hybridized carbons (Fsp3) is 0.750. The van der Waals surface area contributed by atoms with Crippen LogP contribution in [0.4, 0.5) is 0 Å². The summed E-state index contributed by atoms with van der Waals surface area (Å²) in [5.41, 5.74) is 17.1. The molecule has 0 unspecified atom stereocenters. The molecule has 0 aliphatic carbocycles. The number of aromatic nitrogens is 4. The average Bonchev–Trinajstić information content (AvgIpc) is 3.85. The molecule has 0 bridgehead atoms. The summed E-state index contributed by atoms with van der Waals surface area (Å²) in [6.45, 7) is 81.0. The Morgan fingerprint density at radius 2 is 0.300 bits per heavy atom. The van der Waals surface area contributed by atoms with Crippen LogP contribution in [0.5, 0.6) is 0 Å². The van der Waals surface area contributed by atoms with Gasteiger partial charge in [0.25, 0.3) is 0 Å². The Bertz CT molecular complexity index is 1760. The van der Waals surface area contributed by atoms with Crippen LogP contribution >= 0.6 is 0 Å². The summed E-state index contributed by atoms with van der Waals surface area (Å²) in [5, 5.41) is 0. The van der Waals surface area contributed by atoms with Crippen LogP contribution in [0, 0.1) is 0 Å². The first-order valence-corrected chi connectivity index (χ1v) is 26.1. The Hall–Kier alpha value is -1.84. The van der Waals surface area contributed by atoms with Gasteiger partial charge in [0.1, 0.15) is 0 Å². The van der Waals surface area contributed by atoms with Gasteiger partial charge in [0.2, 0.25) is 0 Å². The molecule has 4 heterocycles. The van der Waals surface area contributed by atoms with Crippen molar-refractivity contribution in [3.8, 4) is 0 Å². The Kier molecular flexibility index (Phi) is 22.6. The molecule has 0 atom stereocenters. The van der Waals surface area contributed by atoms with Crippen molar-refractivity contribution in [2.24, 2.45) is 0 Å². The standard InChI is InChI=1S/4C16H28N.2Fe/c4*1-14(2,3)11-10-12(15(4,5)6)17-13(11)16(7,8)9;;/h4*10H,1-9H3;;/q4*-1;2*+2. The average molecular weight is 1050 g/mol. The normalized spacial score (nSPS) is 13.8. The van der Waals surface area contributed by atoms with E-state index in [0.29, 0.717) is 0 Å². The second-order valence-corrected chi connectivity index (χ2v) is 32.6. The Morgan fingerprint density at radius 3 is 0.357 bits per heavy atom. The second kappa shape index (κ2) is 22.6. The molecule has 0 saturated heterocycles. The van der Waals surface area contributed by atoms with Gasteiger partial charge in [-0.2, -0.15) is 45.6 Å². The van der Waals surface area contributed by atoms with Crippen molar-refractivity contribution in [2.45, 2.75) is 314 Å². The van der Waals surface area contributed by atoms with Gasteiger partial charge in [-0.05, 0) is 65.0 Å². The fourth-order valence-corrected chi connectivity index (χ4v) is 7.78. The Balaban J connectivity index is 0.